The number of hydrogen-bond donors (Lipinski definition) is 1. The van der Waals surface area contributed by atoms with E-state index in [0.29, 0.717) is 13.0 Å². The summed E-state index contributed by atoms with van der Waals surface area (Å²) in [5.74, 6) is -1.47. The van der Waals surface area contributed by atoms with Gasteiger partial charge in [-0.15, -0.1) is 0 Å². The monoisotopic (exact) mass is 325 g/mol. The number of aliphatic carboxylic acids is 1. The van der Waals surface area contributed by atoms with Gasteiger partial charge in [-0.25, -0.2) is 8.42 Å². The summed E-state index contributed by atoms with van der Waals surface area (Å²) in [5, 5.41) is 9.23. The lowest BCUT2D eigenvalue weighted by Crippen LogP contribution is -2.35. The summed E-state index contributed by atoms with van der Waals surface area (Å²) in [6.07, 6.45) is 0.358. The van der Waals surface area contributed by atoms with E-state index in [4.69, 9.17) is 0 Å². The van der Waals surface area contributed by atoms with Crippen molar-refractivity contribution in [3.63, 3.8) is 0 Å². The highest BCUT2D eigenvalue weighted by atomic mass is 32.2. The second-order valence-corrected chi connectivity index (χ2v) is 7.99. The highest BCUT2D eigenvalue weighted by Crippen LogP contribution is 2.31. The molecule has 0 unspecified atom stereocenters. The van der Waals surface area contributed by atoms with Gasteiger partial charge in [-0.3, -0.25) is 9.59 Å². The Morgan fingerprint density at radius 3 is 2.50 bits per heavy atom. The van der Waals surface area contributed by atoms with Crippen LogP contribution in [0.2, 0.25) is 0 Å². The third-order valence-electron chi connectivity index (χ3n) is 4.11. The number of carbonyl (C=O) groups excluding carboxylic acids is 1. The van der Waals surface area contributed by atoms with Crippen molar-refractivity contribution in [2.45, 2.75) is 25.2 Å². The first-order valence-corrected chi connectivity index (χ1v) is 8.71. The summed E-state index contributed by atoms with van der Waals surface area (Å²) in [6, 6.07) is 6.07. The lowest BCUT2D eigenvalue weighted by Gasteiger charge is -2.21. The van der Waals surface area contributed by atoms with Crippen molar-refractivity contribution in [1.82, 2.24) is 4.90 Å². The van der Waals surface area contributed by atoms with Crippen LogP contribution in [-0.2, 0) is 14.6 Å². The highest BCUT2D eigenvalue weighted by molar-refractivity contribution is 7.91. The number of amides is 1. The molecule has 1 saturated heterocycles. The minimum atomic E-state index is -3.51. The minimum Gasteiger partial charge on any atom is -0.481 e. The molecule has 0 bridgehead atoms. The van der Waals surface area contributed by atoms with Crippen LogP contribution in [0.3, 0.4) is 0 Å². The van der Waals surface area contributed by atoms with Crippen molar-refractivity contribution in [2.24, 2.45) is 5.41 Å². The van der Waals surface area contributed by atoms with Crippen LogP contribution in [0.1, 0.15) is 30.6 Å². The van der Waals surface area contributed by atoms with Crippen molar-refractivity contribution in [2.75, 3.05) is 18.8 Å². The molecule has 1 fully saturated rings. The Kier molecular flexibility index (Phi) is 4.28. The van der Waals surface area contributed by atoms with Gasteiger partial charge in [0, 0.05) is 13.1 Å². The molecule has 1 atom stereocenters. The van der Waals surface area contributed by atoms with Crippen LogP contribution in [0.25, 0.3) is 0 Å². The van der Waals surface area contributed by atoms with Crippen molar-refractivity contribution < 1.29 is 23.1 Å². The maximum Gasteiger partial charge on any atom is 0.311 e. The fourth-order valence-electron chi connectivity index (χ4n) is 2.55. The predicted molar refractivity (Wildman–Crippen MR) is 80.4 cm³/mol. The Morgan fingerprint density at radius 1 is 1.32 bits per heavy atom. The molecule has 1 aliphatic heterocycles. The van der Waals surface area contributed by atoms with E-state index in [1.165, 1.54) is 24.0 Å². The van der Waals surface area contributed by atoms with Crippen molar-refractivity contribution in [1.29, 1.82) is 0 Å². The molecule has 1 amide bonds. The van der Waals surface area contributed by atoms with Gasteiger partial charge in [0.05, 0.1) is 21.6 Å². The lowest BCUT2D eigenvalue weighted by molar-refractivity contribution is -0.147. The molecule has 1 heterocycles. The largest absolute Gasteiger partial charge is 0.481 e. The third kappa shape index (κ3) is 2.85. The average molecular weight is 325 g/mol. The van der Waals surface area contributed by atoms with Crippen LogP contribution in [0, 0.1) is 5.41 Å². The molecule has 0 aliphatic carbocycles. The molecule has 0 saturated carbocycles. The molecule has 120 valence electrons. The summed E-state index contributed by atoms with van der Waals surface area (Å²) >= 11 is 0. The van der Waals surface area contributed by atoms with Crippen LogP contribution in [0.5, 0.6) is 0 Å². The van der Waals surface area contributed by atoms with Crippen LogP contribution in [0.4, 0.5) is 0 Å². The van der Waals surface area contributed by atoms with E-state index >= 15 is 0 Å². The van der Waals surface area contributed by atoms with E-state index in [1.807, 2.05) is 0 Å². The zero-order valence-corrected chi connectivity index (χ0v) is 13.4. The number of rotatable bonds is 4. The van der Waals surface area contributed by atoms with Crippen molar-refractivity contribution in [3.05, 3.63) is 29.8 Å². The van der Waals surface area contributed by atoms with Crippen molar-refractivity contribution in [3.8, 4) is 0 Å². The smallest absolute Gasteiger partial charge is 0.311 e. The number of likely N-dealkylation sites (tertiary alicyclic amines) is 1. The highest BCUT2D eigenvalue weighted by Gasteiger charge is 2.42. The van der Waals surface area contributed by atoms with Gasteiger partial charge < -0.3 is 10.0 Å². The second-order valence-electron chi connectivity index (χ2n) is 5.74. The SMILES string of the molecule is CCS(=O)(=O)c1ccccc1C(=O)N1CC[C@@](C)(C(=O)O)C1. The summed E-state index contributed by atoms with van der Waals surface area (Å²) < 4.78 is 24.2. The van der Waals surface area contributed by atoms with Gasteiger partial charge in [0.15, 0.2) is 9.84 Å². The van der Waals surface area contributed by atoms with Gasteiger partial charge in [0.25, 0.3) is 5.91 Å². The molecule has 7 heteroatoms. The van der Waals surface area contributed by atoms with E-state index in [-0.39, 0.29) is 22.8 Å². The van der Waals surface area contributed by atoms with Gasteiger partial charge in [-0.1, -0.05) is 19.1 Å². The van der Waals surface area contributed by atoms with Crippen LogP contribution >= 0.6 is 0 Å². The maximum absolute atomic E-state index is 12.6. The van der Waals surface area contributed by atoms with Gasteiger partial charge >= 0.3 is 5.97 Å². The number of sulfone groups is 1. The molecule has 0 spiro atoms. The van der Waals surface area contributed by atoms with Crippen molar-refractivity contribution >= 4 is 21.7 Å². The van der Waals surface area contributed by atoms with Gasteiger partial charge in [-0.2, -0.15) is 0 Å². The van der Waals surface area contributed by atoms with Gasteiger partial charge in [0.1, 0.15) is 0 Å². The number of nitrogens with zero attached hydrogens (tertiary/aromatic N) is 1. The number of carboxylic acids is 1. The molecule has 1 aliphatic rings. The third-order valence-corrected chi connectivity index (χ3v) is 5.90. The van der Waals surface area contributed by atoms with Gasteiger partial charge in [0.2, 0.25) is 0 Å². The zero-order chi connectivity index (χ0) is 16.5. The molecular formula is C15H19NO5S. The Morgan fingerprint density at radius 2 is 1.95 bits per heavy atom. The molecule has 1 aromatic rings. The lowest BCUT2D eigenvalue weighted by atomic mass is 9.90. The van der Waals surface area contributed by atoms with E-state index in [1.54, 1.807) is 19.1 Å². The summed E-state index contributed by atoms with van der Waals surface area (Å²) in [5.41, 5.74) is -0.868. The summed E-state index contributed by atoms with van der Waals surface area (Å²) in [6.45, 7) is 3.51. The van der Waals surface area contributed by atoms with Crippen LogP contribution in [-0.4, -0.2) is 49.1 Å². The maximum atomic E-state index is 12.6. The molecule has 22 heavy (non-hydrogen) atoms. The van der Waals surface area contributed by atoms with Crippen LogP contribution in [0.15, 0.2) is 29.2 Å². The summed E-state index contributed by atoms with van der Waals surface area (Å²) in [7, 11) is -3.51. The van der Waals surface area contributed by atoms with E-state index in [2.05, 4.69) is 0 Å². The van der Waals surface area contributed by atoms with E-state index in [0.717, 1.165) is 0 Å². The van der Waals surface area contributed by atoms with Crippen LogP contribution < -0.4 is 0 Å². The predicted octanol–water partition coefficient (Wildman–Crippen LogP) is 1.42. The number of carboxylic acid groups (broad SMARTS) is 1. The average Bonchev–Trinajstić information content (AvgIpc) is 2.90. The normalized spacial score (nSPS) is 21.8. The fraction of sp³-hybridized carbons (Fsp3) is 0.467. The Bertz CT molecular complexity index is 712. The molecule has 6 nitrogen and oxygen atoms in total. The fourth-order valence-corrected chi connectivity index (χ4v) is 3.64. The quantitative estimate of drug-likeness (QED) is 0.904. The summed E-state index contributed by atoms with van der Waals surface area (Å²) in [4.78, 5) is 25.3. The first kappa shape index (κ1) is 16.5. The Labute approximate surface area is 129 Å². The number of hydrogen-bond acceptors (Lipinski definition) is 4. The Hall–Kier alpha value is -1.89. The molecular weight excluding hydrogens is 306 g/mol. The molecule has 0 aromatic heterocycles. The first-order valence-electron chi connectivity index (χ1n) is 7.06. The second kappa shape index (κ2) is 5.72. The van der Waals surface area contributed by atoms with E-state index < -0.39 is 27.1 Å². The zero-order valence-electron chi connectivity index (χ0n) is 12.6. The molecule has 1 N–H and O–H groups in total. The van der Waals surface area contributed by atoms with E-state index in [9.17, 15) is 23.1 Å². The van der Waals surface area contributed by atoms with Gasteiger partial charge in [-0.05, 0) is 25.5 Å². The molecule has 0 radical (unpaired) electrons. The minimum absolute atomic E-state index is 0.00595. The topological polar surface area (TPSA) is 91.8 Å². The standard InChI is InChI=1S/C15H19NO5S/c1-3-22(20,21)12-7-5-4-6-11(12)13(17)16-9-8-15(2,10-16)14(18)19/h4-7H,3,8-10H2,1-2H3,(H,18,19)/t15-/m1/s1. The first-order chi connectivity index (χ1) is 10.2. The molecule has 2 rings (SSSR count). The molecule has 1 aromatic carbocycles. The Balaban J connectivity index is 2.35. The number of carbonyl (C=O) groups is 2. The number of benzene rings is 1.